The third-order valence-electron chi connectivity index (χ3n) is 3.11. The van der Waals surface area contributed by atoms with Crippen molar-refractivity contribution in [3.63, 3.8) is 0 Å². The topological polar surface area (TPSA) is 89.8 Å². The van der Waals surface area contributed by atoms with Crippen molar-refractivity contribution in [2.24, 2.45) is 0 Å². The molecule has 1 heterocycles. The van der Waals surface area contributed by atoms with E-state index in [1.165, 1.54) is 6.26 Å². The standard InChI is InChI=1S/C16H21N2O5P/c1-3-22-24(20,23-4-2)16(14-11-8-12-21-14)18-17-15(19)13-9-6-5-7-10-13/h5-12,16,18H,3-4H2,1-2H3,(H,17,19). The molecule has 130 valence electrons. The van der Waals surface area contributed by atoms with Gasteiger partial charge in [-0.25, -0.2) is 5.43 Å². The van der Waals surface area contributed by atoms with Crippen molar-refractivity contribution in [1.82, 2.24) is 10.9 Å². The van der Waals surface area contributed by atoms with Crippen LogP contribution in [0.15, 0.2) is 53.1 Å². The Morgan fingerprint density at radius 3 is 2.33 bits per heavy atom. The molecule has 0 saturated carbocycles. The van der Waals surface area contributed by atoms with Gasteiger partial charge in [0, 0.05) is 5.56 Å². The fourth-order valence-corrected chi connectivity index (χ4v) is 3.87. The Balaban J connectivity index is 2.18. The normalized spacial score (nSPS) is 12.8. The van der Waals surface area contributed by atoms with E-state index in [1.54, 1.807) is 50.2 Å². The van der Waals surface area contributed by atoms with Crippen LogP contribution in [0.4, 0.5) is 0 Å². The van der Waals surface area contributed by atoms with E-state index < -0.39 is 13.4 Å². The van der Waals surface area contributed by atoms with Crippen molar-refractivity contribution in [1.29, 1.82) is 0 Å². The van der Waals surface area contributed by atoms with Crippen LogP contribution in [0.2, 0.25) is 0 Å². The van der Waals surface area contributed by atoms with Gasteiger partial charge < -0.3 is 13.5 Å². The number of rotatable bonds is 9. The largest absolute Gasteiger partial charge is 0.467 e. The van der Waals surface area contributed by atoms with Crippen LogP contribution in [0.1, 0.15) is 35.7 Å². The Morgan fingerprint density at radius 1 is 1.12 bits per heavy atom. The Labute approximate surface area is 140 Å². The van der Waals surface area contributed by atoms with E-state index in [-0.39, 0.29) is 19.1 Å². The van der Waals surface area contributed by atoms with Crippen molar-refractivity contribution in [2.75, 3.05) is 13.2 Å². The first-order valence-electron chi connectivity index (χ1n) is 7.63. The summed E-state index contributed by atoms with van der Waals surface area (Å²) in [6.07, 6.45) is 1.45. The van der Waals surface area contributed by atoms with Gasteiger partial charge in [0.25, 0.3) is 5.91 Å². The second-order valence-corrected chi connectivity index (χ2v) is 6.87. The van der Waals surface area contributed by atoms with Crippen molar-refractivity contribution >= 4 is 13.5 Å². The monoisotopic (exact) mass is 352 g/mol. The molecule has 0 fully saturated rings. The van der Waals surface area contributed by atoms with Gasteiger partial charge in [-0.05, 0) is 38.1 Å². The van der Waals surface area contributed by atoms with Gasteiger partial charge >= 0.3 is 7.60 Å². The maximum Gasteiger partial charge on any atom is 0.356 e. The molecular weight excluding hydrogens is 331 g/mol. The highest BCUT2D eigenvalue weighted by Crippen LogP contribution is 2.59. The minimum atomic E-state index is -3.59. The minimum Gasteiger partial charge on any atom is -0.467 e. The lowest BCUT2D eigenvalue weighted by atomic mass is 10.2. The molecule has 2 N–H and O–H groups in total. The summed E-state index contributed by atoms with van der Waals surface area (Å²) < 4.78 is 29.1. The average Bonchev–Trinajstić information content (AvgIpc) is 3.10. The molecule has 24 heavy (non-hydrogen) atoms. The molecule has 1 aromatic heterocycles. The number of nitrogens with one attached hydrogen (secondary N) is 2. The van der Waals surface area contributed by atoms with Crippen molar-refractivity contribution in [2.45, 2.75) is 19.6 Å². The molecule has 1 amide bonds. The first-order valence-corrected chi connectivity index (χ1v) is 9.25. The third kappa shape index (κ3) is 4.55. The van der Waals surface area contributed by atoms with Crippen LogP contribution < -0.4 is 10.9 Å². The molecule has 2 rings (SSSR count). The molecule has 1 aromatic carbocycles. The van der Waals surface area contributed by atoms with E-state index in [0.717, 1.165) is 0 Å². The molecule has 0 bridgehead atoms. The van der Waals surface area contributed by atoms with E-state index in [9.17, 15) is 9.36 Å². The van der Waals surface area contributed by atoms with Gasteiger partial charge in [-0.3, -0.25) is 14.8 Å². The summed E-state index contributed by atoms with van der Waals surface area (Å²) in [4.78, 5) is 12.2. The first kappa shape index (κ1) is 18.4. The molecule has 0 aliphatic carbocycles. The number of benzene rings is 1. The lowest BCUT2D eigenvalue weighted by Gasteiger charge is -2.25. The average molecular weight is 352 g/mol. The molecule has 1 atom stereocenters. The van der Waals surface area contributed by atoms with Crippen LogP contribution in [0, 0.1) is 0 Å². The summed E-state index contributed by atoms with van der Waals surface area (Å²) in [7, 11) is -3.59. The lowest BCUT2D eigenvalue weighted by Crippen LogP contribution is -2.40. The van der Waals surface area contributed by atoms with E-state index in [4.69, 9.17) is 13.5 Å². The van der Waals surface area contributed by atoms with Crippen LogP contribution in [-0.2, 0) is 13.6 Å². The van der Waals surface area contributed by atoms with Crippen LogP contribution in [0.5, 0.6) is 0 Å². The number of carbonyl (C=O) groups excluding carboxylic acids is 1. The van der Waals surface area contributed by atoms with E-state index in [0.29, 0.717) is 11.3 Å². The number of furan rings is 1. The van der Waals surface area contributed by atoms with Crippen LogP contribution in [0.3, 0.4) is 0 Å². The summed E-state index contributed by atoms with van der Waals surface area (Å²) in [5, 5.41) is 0. The summed E-state index contributed by atoms with van der Waals surface area (Å²) in [5.41, 5.74) is 5.72. The number of hydrogen-bond donors (Lipinski definition) is 2. The second kappa shape index (κ2) is 8.80. The van der Waals surface area contributed by atoms with Gasteiger partial charge in [0.1, 0.15) is 5.76 Å². The molecule has 0 aliphatic heterocycles. The fraction of sp³-hybridized carbons (Fsp3) is 0.312. The molecule has 0 spiro atoms. The van der Waals surface area contributed by atoms with Crippen LogP contribution in [-0.4, -0.2) is 19.1 Å². The maximum absolute atomic E-state index is 13.0. The molecule has 0 aliphatic rings. The van der Waals surface area contributed by atoms with Crippen molar-refractivity contribution < 1.29 is 22.8 Å². The maximum atomic E-state index is 13.0. The summed E-state index contributed by atoms with van der Waals surface area (Å²) in [5.74, 6) is -0.986. The van der Waals surface area contributed by atoms with Gasteiger partial charge in [-0.2, -0.15) is 0 Å². The molecule has 7 nitrogen and oxygen atoms in total. The van der Waals surface area contributed by atoms with Crippen LogP contribution in [0.25, 0.3) is 0 Å². The van der Waals surface area contributed by atoms with Crippen molar-refractivity contribution in [3.05, 3.63) is 60.1 Å². The zero-order valence-electron chi connectivity index (χ0n) is 13.6. The number of amides is 1. The zero-order chi connectivity index (χ0) is 17.4. The number of hydrogen-bond acceptors (Lipinski definition) is 6. The molecule has 2 aromatic rings. The summed E-state index contributed by atoms with van der Waals surface area (Å²) in [6.45, 7) is 3.83. The van der Waals surface area contributed by atoms with E-state index in [2.05, 4.69) is 10.9 Å². The smallest absolute Gasteiger partial charge is 0.356 e. The third-order valence-corrected chi connectivity index (χ3v) is 5.36. The van der Waals surface area contributed by atoms with E-state index >= 15 is 0 Å². The van der Waals surface area contributed by atoms with Gasteiger partial charge in [0.2, 0.25) is 0 Å². The highest BCUT2D eigenvalue weighted by atomic mass is 31.2. The van der Waals surface area contributed by atoms with Gasteiger partial charge in [-0.1, -0.05) is 18.2 Å². The predicted octanol–water partition coefficient (Wildman–Crippen LogP) is 3.48. The van der Waals surface area contributed by atoms with Gasteiger partial charge in [0.05, 0.1) is 19.5 Å². The Hall–Kier alpha value is -1.92. The first-order chi connectivity index (χ1) is 11.6. The Morgan fingerprint density at radius 2 is 1.79 bits per heavy atom. The molecule has 0 saturated heterocycles. The highest BCUT2D eigenvalue weighted by molar-refractivity contribution is 7.54. The minimum absolute atomic E-state index is 0.197. The van der Waals surface area contributed by atoms with Crippen molar-refractivity contribution in [3.8, 4) is 0 Å². The SMILES string of the molecule is CCOP(=O)(OCC)C(NNC(=O)c1ccccc1)c1ccco1. The molecule has 0 radical (unpaired) electrons. The lowest BCUT2D eigenvalue weighted by molar-refractivity contribution is 0.0925. The predicted molar refractivity (Wildman–Crippen MR) is 89.4 cm³/mol. The van der Waals surface area contributed by atoms with Crippen LogP contribution >= 0.6 is 7.60 Å². The van der Waals surface area contributed by atoms with E-state index in [1.807, 2.05) is 6.07 Å². The molecular formula is C16H21N2O5P. The number of hydrazine groups is 1. The molecule has 1 unspecified atom stereocenters. The molecule has 8 heteroatoms. The zero-order valence-corrected chi connectivity index (χ0v) is 14.5. The summed E-state index contributed by atoms with van der Waals surface area (Å²) >= 11 is 0. The highest BCUT2D eigenvalue weighted by Gasteiger charge is 2.39. The Kier molecular flexibility index (Phi) is 6.75. The quantitative estimate of drug-likeness (QED) is 0.530. The summed E-state index contributed by atoms with van der Waals surface area (Å²) in [6, 6.07) is 12.0. The number of carbonyl (C=O) groups is 1. The fourth-order valence-electron chi connectivity index (χ4n) is 2.09. The second-order valence-electron chi connectivity index (χ2n) is 4.76. The van der Waals surface area contributed by atoms with Gasteiger partial charge in [-0.15, -0.1) is 0 Å². The Bertz CT molecular complexity index is 665. The van der Waals surface area contributed by atoms with Gasteiger partial charge in [0.15, 0.2) is 5.78 Å².